The summed E-state index contributed by atoms with van der Waals surface area (Å²) in [5, 5.41) is -1.04. The number of ether oxygens (including phenoxy) is 1. The van der Waals surface area contributed by atoms with Gasteiger partial charge in [0, 0.05) is 12.8 Å². The summed E-state index contributed by atoms with van der Waals surface area (Å²) in [7, 11) is -4.10. The summed E-state index contributed by atoms with van der Waals surface area (Å²) in [4.78, 5) is 2.87. The molecular weight excluding hydrogens is 424 g/mol. The first kappa shape index (κ1) is 21.6. The third-order valence-corrected chi connectivity index (χ3v) is 6.83. The second kappa shape index (κ2) is 7.60. The van der Waals surface area contributed by atoms with Crippen molar-refractivity contribution in [3.8, 4) is 0 Å². The van der Waals surface area contributed by atoms with Gasteiger partial charge in [-0.3, -0.25) is 4.98 Å². The largest absolute Gasteiger partial charge is 0.433 e. The number of nitrogens with zero attached hydrogens (tertiary/aromatic N) is 1. The van der Waals surface area contributed by atoms with Crippen LogP contribution >= 0.6 is 0 Å². The fourth-order valence-corrected chi connectivity index (χ4v) is 4.86. The number of hydrogen-bond acceptors (Lipinski definition) is 4. The Morgan fingerprint density at radius 1 is 1.00 bits per heavy atom. The van der Waals surface area contributed by atoms with E-state index >= 15 is 0 Å². The van der Waals surface area contributed by atoms with Gasteiger partial charge in [0.25, 0.3) is 0 Å². The van der Waals surface area contributed by atoms with E-state index in [1.165, 1.54) is 0 Å². The summed E-state index contributed by atoms with van der Waals surface area (Å²) in [5.41, 5.74) is -1.90. The number of aromatic nitrogens is 1. The molecule has 0 N–H and O–H groups in total. The molecule has 0 bridgehead atoms. The van der Waals surface area contributed by atoms with E-state index in [0.29, 0.717) is 6.07 Å². The fourth-order valence-electron chi connectivity index (χ4n) is 3.09. The number of pyridine rings is 1. The van der Waals surface area contributed by atoms with Crippen LogP contribution in [0.4, 0.5) is 26.3 Å². The molecule has 1 aliphatic heterocycles. The van der Waals surface area contributed by atoms with Gasteiger partial charge in [-0.25, -0.2) is 8.42 Å². The van der Waals surface area contributed by atoms with Gasteiger partial charge in [0.15, 0.2) is 9.84 Å². The highest BCUT2D eigenvalue weighted by Crippen LogP contribution is 2.36. The van der Waals surface area contributed by atoms with Gasteiger partial charge in [0.1, 0.15) is 5.69 Å². The van der Waals surface area contributed by atoms with Crippen LogP contribution in [-0.4, -0.2) is 25.3 Å². The molecule has 2 atom stereocenters. The average molecular weight is 439 g/mol. The number of halogens is 6. The lowest BCUT2D eigenvalue weighted by Crippen LogP contribution is -2.31. The number of benzene rings is 1. The van der Waals surface area contributed by atoms with Gasteiger partial charge < -0.3 is 4.74 Å². The maximum Gasteiger partial charge on any atom is 0.433 e. The molecule has 0 amide bonds. The maximum absolute atomic E-state index is 12.9. The first-order valence-electron chi connectivity index (χ1n) is 8.45. The van der Waals surface area contributed by atoms with Crippen molar-refractivity contribution in [2.45, 2.75) is 41.4 Å². The predicted octanol–water partition coefficient (Wildman–Crippen LogP) is 4.81. The van der Waals surface area contributed by atoms with Crippen molar-refractivity contribution in [1.82, 2.24) is 4.98 Å². The molecule has 1 aromatic carbocycles. The van der Waals surface area contributed by atoms with E-state index < -0.39 is 49.7 Å². The Bertz CT molecular complexity index is 970. The van der Waals surface area contributed by atoms with Gasteiger partial charge in [-0.05, 0) is 42.7 Å². The molecule has 1 aromatic heterocycles. The molecule has 0 aliphatic carbocycles. The van der Waals surface area contributed by atoms with Crippen molar-refractivity contribution < 1.29 is 39.5 Å². The van der Waals surface area contributed by atoms with Crippen LogP contribution in [0.15, 0.2) is 47.5 Å². The average Bonchev–Trinajstić information content (AvgIpc) is 2.67. The highest BCUT2D eigenvalue weighted by molar-refractivity contribution is 7.92. The molecule has 11 heteroatoms. The number of alkyl halides is 6. The van der Waals surface area contributed by atoms with Gasteiger partial charge in [-0.15, -0.1) is 0 Å². The summed E-state index contributed by atoms with van der Waals surface area (Å²) in [6.45, 7) is -0.00541. The number of hydrogen-bond donors (Lipinski definition) is 0. The van der Waals surface area contributed by atoms with Crippen LogP contribution in [0.25, 0.3) is 0 Å². The molecule has 29 heavy (non-hydrogen) atoms. The molecule has 1 saturated heterocycles. The Labute approximate surface area is 162 Å². The molecular formula is C18H15F6NO3S. The van der Waals surface area contributed by atoms with Crippen LogP contribution in [0.3, 0.4) is 0 Å². The topological polar surface area (TPSA) is 56.3 Å². The molecule has 2 aromatic rings. The Hall–Kier alpha value is -2.14. The van der Waals surface area contributed by atoms with Crippen LogP contribution in [0, 0.1) is 0 Å². The minimum absolute atomic E-state index is 0.00541. The Balaban J connectivity index is 1.83. The van der Waals surface area contributed by atoms with Crippen LogP contribution in [0.1, 0.15) is 35.8 Å². The first-order chi connectivity index (χ1) is 13.4. The Kier molecular flexibility index (Phi) is 5.65. The zero-order valence-electron chi connectivity index (χ0n) is 14.7. The van der Waals surface area contributed by atoms with E-state index in [-0.39, 0.29) is 25.0 Å². The highest BCUT2D eigenvalue weighted by Gasteiger charge is 2.37. The third kappa shape index (κ3) is 4.72. The van der Waals surface area contributed by atoms with Crippen molar-refractivity contribution >= 4 is 9.84 Å². The zero-order chi connectivity index (χ0) is 21.4. The second-order valence-electron chi connectivity index (χ2n) is 6.55. The van der Waals surface area contributed by atoms with Gasteiger partial charge in [0.05, 0.1) is 21.8 Å². The molecule has 2 unspecified atom stereocenters. The van der Waals surface area contributed by atoms with Crippen LogP contribution in [0.5, 0.6) is 0 Å². The molecule has 3 rings (SSSR count). The molecule has 0 radical (unpaired) electrons. The lowest BCUT2D eigenvalue weighted by molar-refractivity contribution is -0.141. The second-order valence-corrected chi connectivity index (χ2v) is 8.78. The van der Waals surface area contributed by atoms with Gasteiger partial charge in [-0.2, -0.15) is 26.3 Å². The van der Waals surface area contributed by atoms with Crippen LogP contribution in [0.2, 0.25) is 0 Å². The molecule has 158 valence electrons. The van der Waals surface area contributed by atoms with E-state index in [4.69, 9.17) is 4.74 Å². The van der Waals surface area contributed by atoms with Gasteiger partial charge in [0.2, 0.25) is 0 Å². The van der Waals surface area contributed by atoms with E-state index in [9.17, 15) is 34.8 Å². The van der Waals surface area contributed by atoms with E-state index in [0.717, 1.165) is 36.5 Å². The first-order valence-corrected chi connectivity index (χ1v) is 9.99. The zero-order valence-corrected chi connectivity index (χ0v) is 15.5. The minimum Gasteiger partial charge on any atom is -0.373 e. The monoisotopic (exact) mass is 439 g/mol. The smallest absolute Gasteiger partial charge is 0.373 e. The normalized spacial score (nSPS) is 21.2. The van der Waals surface area contributed by atoms with Crippen molar-refractivity contribution in [3.05, 3.63) is 59.4 Å². The quantitative estimate of drug-likeness (QED) is 0.644. The van der Waals surface area contributed by atoms with E-state index in [2.05, 4.69) is 4.98 Å². The molecule has 4 nitrogen and oxygen atoms in total. The lowest BCUT2D eigenvalue weighted by atomic mass is 10.0. The molecule has 0 saturated carbocycles. The standard InChI is InChI=1S/C18H15F6NO3S/c19-17(20,21)12-2-1-3-13(8-12)29(26,27)14-6-7-28-15(9-14)11-4-5-16(25-10-11)18(22,23)24/h1-5,8,10,14-15H,6-7,9H2. The maximum atomic E-state index is 12.9. The van der Waals surface area contributed by atoms with Gasteiger partial charge in [-0.1, -0.05) is 12.1 Å². The van der Waals surface area contributed by atoms with Crippen molar-refractivity contribution in [2.75, 3.05) is 6.61 Å². The molecule has 1 aliphatic rings. The minimum atomic E-state index is -4.68. The molecule has 2 heterocycles. The Morgan fingerprint density at radius 2 is 1.72 bits per heavy atom. The third-order valence-electron chi connectivity index (χ3n) is 4.61. The van der Waals surface area contributed by atoms with Gasteiger partial charge >= 0.3 is 12.4 Å². The summed E-state index contributed by atoms with van der Waals surface area (Å²) in [5.74, 6) is 0. The van der Waals surface area contributed by atoms with Crippen LogP contribution < -0.4 is 0 Å². The number of sulfone groups is 1. The van der Waals surface area contributed by atoms with Crippen LogP contribution in [-0.2, 0) is 26.9 Å². The summed E-state index contributed by atoms with van der Waals surface area (Å²) in [6.07, 6.45) is -9.21. The van der Waals surface area contributed by atoms with E-state index in [1.54, 1.807) is 0 Å². The number of rotatable bonds is 3. The van der Waals surface area contributed by atoms with E-state index in [1.807, 2.05) is 0 Å². The lowest BCUT2D eigenvalue weighted by Gasteiger charge is -2.29. The summed E-state index contributed by atoms with van der Waals surface area (Å²) >= 11 is 0. The Morgan fingerprint density at radius 3 is 2.31 bits per heavy atom. The van der Waals surface area contributed by atoms with Crippen molar-refractivity contribution in [1.29, 1.82) is 0 Å². The molecule has 0 spiro atoms. The predicted molar refractivity (Wildman–Crippen MR) is 89.6 cm³/mol. The molecule has 1 fully saturated rings. The SMILES string of the molecule is O=S(=O)(c1cccc(C(F)(F)F)c1)C1CCOC(c2ccc(C(F)(F)F)nc2)C1. The summed E-state index contributed by atoms with van der Waals surface area (Å²) in [6, 6.07) is 5.39. The fraction of sp³-hybridized carbons (Fsp3) is 0.389. The van der Waals surface area contributed by atoms with Crippen molar-refractivity contribution in [3.63, 3.8) is 0 Å². The highest BCUT2D eigenvalue weighted by atomic mass is 32.2. The van der Waals surface area contributed by atoms with Crippen molar-refractivity contribution in [2.24, 2.45) is 0 Å². The summed E-state index contributed by atoms with van der Waals surface area (Å²) < 4.78 is 108.